The highest BCUT2D eigenvalue weighted by Gasteiger charge is 2.32. The topological polar surface area (TPSA) is 51.2 Å². The van der Waals surface area contributed by atoms with E-state index in [0.717, 1.165) is 49.2 Å². The quantitative estimate of drug-likeness (QED) is 0.926. The number of pyridine rings is 1. The average molecular weight is 302 g/mol. The van der Waals surface area contributed by atoms with E-state index >= 15 is 0 Å². The molecule has 0 bridgehead atoms. The van der Waals surface area contributed by atoms with Crippen LogP contribution in [0.2, 0.25) is 0 Å². The molecule has 1 fully saturated rings. The Morgan fingerprint density at radius 2 is 1.91 bits per heavy atom. The summed E-state index contributed by atoms with van der Waals surface area (Å²) < 4.78 is 5.42. The summed E-state index contributed by atoms with van der Waals surface area (Å²) in [5.41, 5.74) is 1.79. The van der Waals surface area contributed by atoms with Crippen molar-refractivity contribution in [1.82, 2.24) is 4.98 Å². The standard InChI is InChI=1S/C18H26N2O2/c1-18(2)10-15-14(16(21)11-18)8-9-17(20-15)19-12-4-6-13(22-3)7-5-12/h8-9,12-13H,4-7,10-11H2,1-3H3,(H,19,20). The van der Waals surface area contributed by atoms with Crippen molar-refractivity contribution in [2.24, 2.45) is 5.41 Å². The minimum Gasteiger partial charge on any atom is -0.381 e. The van der Waals surface area contributed by atoms with Crippen LogP contribution in [-0.2, 0) is 11.2 Å². The summed E-state index contributed by atoms with van der Waals surface area (Å²) in [7, 11) is 1.79. The summed E-state index contributed by atoms with van der Waals surface area (Å²) in [4.78, 5) is 16.9. The summed E-state index contributed by atoms with van der Waals surface area (Å²) in [6.45, 7) is 4.28. The van der Waals surface area contributed by atoms with Crippen molar-refractivity contribution in [1.29, 1.82) is 0 Å². The van der Waals surface area contributed by atoms with Gasteiger partial charge in [0.1, 0.15) is 5.82 Å². The number of ketones is 1. The van der Waals surface area contributed by atoms with Crippen molar-refractivity contribution < 1.29 is 9.53 Å². The van der Waals surface area contributed by atoms with Gasteiger partial charge < -0.3 is 10.1 Å². The molecule has 0 aliphatic heterocycles. The maximum Gasteiger partial charge on any atom is 0.165 e. The van der Waals surface area contributed by atoms with Crippen LogP contribution in [0, 0.1) is 5.41 Å². The maximum absolute atomic E-state index is 12.2. The molecule has 2 aliphatic rings. The average Bonchev–Trinajstić information content (AvgIpc) is 2.46. The van der Waals surface area contributed by atoms with E-state index in [1.165, 1.54) is 0 Å². The maximum atomic E-state index is 12.2. The van der Waals surface area contributed by atoms with Gasteiger partial charge in [-0.3, -0.25) is 4.79 Å². The molecule has 1 N–H and O–H groups in total. The van der Waals surface area contributed by atoms with E-state index < -0.39 is 0 Å². The number of carbonyl (C=O) groups excluding carboxylic acids is 1. The molecule has 0 radical (unpaired) electrons. The van der Waals surface area contributed by atoms with E-state index in [0.29, 0.717) is 18.6 Å². The van der Waals surface area contributed by atoms with Gasteiger partial charge in [0.2, 0.25) is 0 Å². The number of anilines is 1. The first-order valence-electron chi connectivity index (χ1n) is 8.29. The molecule has 0 saturated heterocycles. The van der Waals surface area contributed by atoms with Crippen molar-refractivity contribution in [3.05, 3.63) is 23.4 Å². The van der Waals surface area contributed by atoms with Crippen LogP contribution in [0.4, 0.5) is 5.82 Å². The van der Waals surface area contributed by atoms with Crippen LogP contribution < -0.4 is 5.32 Å². The lowest BCUT2D eigenvalue weighted by atomic mass is 9.76. The normalized spacial score (nSPS) is 27.3. The number of aromatic nitrogens is 1. The number of nitrogens with one attached hydrogen (secondary N) is 1. The number of carbonyl (C=O) groups is 1. The SMILES string of the molecule is COC1CCC(Nc2ccc3c(n2)CC(C)(C)CC3=O)CC1. The molecule has 0 atom stereocenters. The van der Waals surface area contributed by atoms with E-state index in [-0.39, 0.29) is 11.2 Å². The Kier molecular flexibility index (Phi) is 4.22. The van der Waals surface area contributed by atoms with Gasteiger partial charge in [-0.05, 0) is 49.7 Å². The van der Waals surface area contributed by atoms with Crippen molar-refractivity contribution in [2.45, 2.75) is 64.5 Å². The molecule has 1 aromatic heterocycles. The van der Waals surface area contributed by atoms with Crippen LogP contribution in [0.1, 0.15) is 62.0 Å². The number of ether oxygens (including phenoxy) is 1. The zero-order valence-electron chi connectivity index (χ0n) is 13.8. The third-order valence-electron chi connectivity index (χ3n) is 4.92. The fraction of sp³-hybridized carbons (Fsp3) is 0.667. The first-order valence-corrected chi connectivity index (χ1v) is 8.29. The van der Waals surface area contributed by atoms with Gasteiger partial charge in [-0.2, -0.15) is 0 Å². The molecule has 22 heavy (non-hydrogen) atoms. The van der Waals surface area contributed by atoms with Crippen LogP contribution in [-0.4, -0.2) is 30.0 Å². The molecule has 1 aromatic rings. The number of methoxy groups -OCH3 is 1. The molecule has 0 amide bonds. The molecular weight excluding hydrogens is 276 g/mol. The smallest absolute Gasteiger partial charge is 0.165 e. The van der Waals surface area contributed by atoms with Crippen molar-refractivity contribution in [2.75, 3.05) is 12.4 Å². The molecule has 120 valence electrons. The fourth-order valence-corrected chi connectivity index (χ4v) is 3.67. The molecule has 0 aromatic carbocycles. The summed E-state index contributed by atoms with van der Waals surface area (Å²) in [5, 5.41) is 3.54. The van der Waals surface area contributed by atoms with Gasteiger partial charge in [0, 0.05) is 25.1 Å². The molecule has 4 nitrogen and oxygen atoms in total. The molecule has 0 spiro atoms. The number of Topliss-reactive ketones (excluding diaryl/α,β-unsaturated/α-hetero) is 1. The zero-order valence-corrected chi connectivity index (χ0v) is 13.8. The number of hydrogen-bond donors (Lipinski definition) is 1. The lowest BCUT2D eigenvalue weighted by Crippen LogP contribution is -2.31. The Hall–Kier alpha value is -1.42. The van der Waals surface area contributed by atoms with Gasteiger partial charge >= 0.3 is 0 Å². The molecule has 1 heterocycles. The van der Waals surface area contributed by atoms with Gasteiger partial charge in [0.15, 0.2) is 5.78 Å². The largest absolute Gasteiger partial charge is 0.381 e. The van der Waals surface area contributed by atoms with Crippen molar-refractivity contribution >= 4 is 11.6 Å². The van der Waals surface area contributed by atoms with E-state index in [1.807, 2.05) is 12.1 Å². The highest BCUT2D eigenvalue weighted by molar-refractivity contribution is 5.98. The second-order valence-corrected chi connectivity index (χ2v) is 7.49. The van der Waals surface area contributed by atoms with Crippen molar-refractivity contribution in [3.63, 3.8) is 0 Å². The predicted octanol–water partition coefficient (Wildman–Crippen LogP) is 3.61. The Balaban J connectivity index is 1.70. The van der Waals surface area contributed by atoms with Crippen LogP contribution in [0.25, 0.3) is 0 Å². The minimum atomic E-state index is 0.0201. The highest BCUT2D eigenvalue weighted by atomic mass is 16.5. The van der Waals surface area contributed by atoms with Crippen molar-refractivity contribution in [3.8, 4) is 0 Å². The van der Waals surface area contributed by atoms with Gasteiger partial charge in [-0.15, -0.1) is 0 Å². The van der Waals surface area contributed by atoms with E-state index in [2.05, 4.69) is 19.2 Å². The third kappa shape index (κ3) is 3.32. The first kappa shape index (κ1) is 15.5. The Labute approximate surface area is 132 Å². The van der Waals surface area contributed by atoms with Gasteiger partial charge in [0.25, 0.3) is 0 Å². The number of fused-ring (bicyclic) bond motifs is 1. The fourth-order valence-electron chi connectivity index (χ4n) is 3.67. The number of rotatable bonds is 3. The molecular formula is C18H26N2O2. The summed E-state index contributed by atoms with van der Waals surface area (Å²) in [5.74, 6) is 1.14. The van der Waals surface area contributed by atoms with Gasteiger partial charge in [-0.25, -0.2) is 4.98 Å². The monoisotopic (exact) mass is 302 g/mol. The summed E-state index contributed by atoms with van der Waals surface area (Å²) in [6, 6.07) is 4.37. The molecule has 3 rings (SSSR count). The minimum absolute atomic E-state index is 0.0201. The molecule has 0 unspecified atom stereocenters. The van der Waals surface area contributed by atoms with Gasteiger partial charge in [0.05, 0.1) is 11.8 Å². The predicted molar refractivity (Wildman–Crippen MR) is 87.3 cm³/mol. The second-order valence-electron chi connectivity index (χ2n) is 7.49. The van der Waals surface area contributed by atoms with E-state index in [1.54, 1.807) is 7.11 Å². The van der Waals surface area contributed by atoms with Gasteiger partial charge in [-0.1, -0.05) is 13.8 Å². The van der Waals surface area contributed by atoms with Crippen LogP contribution in [0.15, 0.2) is 12.1 Å². The second kappa shape index (κ2) is 5.99. The lowest BCUT2D eigenvalue weighted by Gasteiger charge is -2.31. The Bertz CT molecular complexity index is 560. The number of hydrogen-bond acceptors (Lipinski definition) is 4. The third-order valence-corrected chi connectivity index (χ3v) is 4.92. The summed E-state index contributed by atoms with van der Waals surface area (Å²) in [6.07, 6.45) is 6.33. The van der Waals surface area contributed by atoms with Crippen LogP contribution in [0.3, 0.4) is 0 Å². The number of nitrogens with zero attached hydrogens (tertiary/aromatic N) is 1. The highest BCUT2D eigenvalue weighted by Crippen LogP contribution is 2.34. The van der Waals surface area contributed by atoms with E-state index in [4.69, 9.17) is 9.72 Å². The summed E-state index contributed by atoms with van der Waals surface area (Å²) >= 11 is 0. The Morgan fingerprint density at radius 3 is 2.59 bits per heavy atom. The Morgan fingerprint density at radius 1 is 1.18 bits per heavy atom. The van der Waals surface area contributed by atoms with Crippen LogP contribution in [0.5, 0.6) is 0 Å². The molecule has 1 saturated carbocycles. The molecule has 4 heteroatoms. The van der Waals surface area contributed by atoms with Crippen LogP contribution >= 0.6 is 0 Å². The lowest BCUT2D eigenvalue weighted by molar-refractivity contribution is 0.0681. The van der Waals surface area contributed by atoms with E-state index in [9.17, 15) is 4.79 Å². The first-order chi connectivity index (χ1) is 10.5. The molecule has 2 aliphatic carbocycles. The zero-order chi connectivity index (χ0) is 15.7.